The minimum absolute atomic E-state index is 0.812. The Bertz CT molecular complexity index is 437. The summed E-state index contributed by atoms with van der Waals surface area (Å²) in [5.74, 6) is 1.69. The van der Waals surface area contributed by atoms with Crippen molar-refractivity contribution in [3.8, 4) is 11.4 Å². The van der Waals surface area contributed by atoms with Gasteiger partial charge in [0.05, 0.1) is 0 Å². The van der Waals surface area contributed by atoms with Gasteiger partial charge in [0.1, 0.15) is 0 Å². The van der Waals surface area contributed by atoms with Gasteiger partial charge in [0.15, 0.2) is 10.2 Å². The molecule has 1 aromatic carbocycles. The molecule has 0 fully saturated rings. The van der Waals surface area contributed by atoms with Crippen LogP contribution in [0.3, 0.4) is 0 Å². The molecule has 0 saturated carbocycles. The van der Waals surface area contributed by atoms with Crippen LogP contribution in [0, 0.1) is 0 Å². The van der Waals surface area contributed by atoms with Crippen molar-refractivity contribution in [2.45, 2.75) is 4.34 Å². The lowest BCUT2D eigenvalue weighted by atomic mass is 10.2. The Balaban J connectivity index is 2.17. The summed E-state index contributed by atoms with van der Waals surface area (Å²) in [6.07, 6.45) is 1.87. The molecule has 0 aliphatic rings. The molecule has 0 atom stereocenters. The Morgan fingerprint density at radius 2 is 2.13 bits per heavy atom. The molecule has 0 aliphatic carbocycles. The number of nitrogens with zero attached hydrogens (tertiary/aromatic N) is 2. The van der Waals surface area contributed by atoms with E-state index < -0.39 is 0 Å². The summed E-state index contributed by atoms with van der Waals surface area (Å²) in [7, 11) is 0. The van der Waals surface area contributed by atoms with E-state index in [4.69, 9.17) is 0 Å². The van der Waals surface area contributed by atoms with E-state index in [2.05, 4.69) is 15.9 Å². The fraction of sp³-hybridized carbons (Fsp3) is 0.0909. The molecule has 2 nitrogen and oxygen atoms in total. The Labute approximate surface area is 97.2 Å². The molecule has 0 radical (unpaired) electrons. The second-order valence-corrected chi connectivity index (χ2v) is 4.87. The van der Waals surface area contributed by atoms with Crippen molar-refractivity contribution in [1.29, 1.82) is 0 Å². The van der Waals surface area contributed by atoms with Crippen LogP contribution in [0.2, 0.25) is 0 Å². The first-order valence-electron chi connectivity index (χ1n) is 4.53. The highest BCUT2D eigenvalue weighted by Gasteiger charge is 2.05. The average Bonchev–Trinajstić information content (AvgIpc) is 2.76. The normalized spacial score (nSPS) is 10.1. The van der Waals surface area contributed by atoms with Crippen LogP contribution in [-0.2, 0) is 0 Å². The third-order valence-electron chi connectivity index (χ3n) is 1.76. The maximum absolute atomic E-state index is 4.44. The zero-order valence-electron chi connectivity index (χ0n) is 8.09. The van der Waals surface area contributed by atoms with Crippen molar-refractivity contribution >= 4 is 23.3 Å². The molecule has 2 rings (SSSR count). The largest absolute Gasteiger partial charge is 0.208 e. The van der Waals surface area contributed by atoms with Crippen molar-refractivity contribution in [1.82, 2.24) is 9.36 Å². The molecule has 1 aromatic heterocycles. The lowest BCUT2D eigenvalue weighted by molar-refractivity contribution is 1.22. The number of hydrogen-bond acceptors (Lipinski definition) is 4. The number of thioether (sulfide) groups is 1. The third-order valence-corrected chi connectivity index (χ3v) is 3.59. The molecular weight excluding hydrogens is 224 g/mol. The smallest absolute Gasteiger partial charge is 0.174 e. The van der Waals surface area contributed by atoms with Crippen LogP contribution in [0.15, 0.2) is 47.3 Å². The SMILES string of the molecule is C=CCSc1nc(-c2ccccc2)ns1. The molecule has 76 valence electrons. The first kappa shape index (κ1) is 10.4. The average molecular weight is 234 g/mol. The molecule has 0 bridgehead atoms. The number of benzene rings is 1. The molecule has 2 aromatic rings. The van der Waals surface area contributed by atoms with Gasteiger partial charge in [-0.2, -0.15) is 4.37 Å². The Kier molecular flexibility index (Phi) is 3.53. The molecule has 0 aliphatic heterocycles. The predicted octanol–water partition coefficient (Wildman–Crippen LogP) is 3.48. The van der Waals surface area contributed by atoms with Gasteiger partial charge < -0.3 is 0 Å². The fourth-order valence-corrected chi connectivity index (χ4v) is 2.48. The minimum atomic E-state index is 0.812. The van der Waals surface area contributed by atoms with Crippen LogP contribution in [-0.4, -0.2) is 15.1 Å². The van der Waals surface area contributed by atoms with Crippen LogP contribution in [0.4, 0.5) is 0 Å². The lowest BCUT2D eigenvalue weighted by Crippen LogP contribution is -1.79. The third kappa shape index (κ3) is 2.67. The van der Waals surface area contributed by atoms with Crippen molar-refractivity contribution in [2.75, 3.05) is 5.75 Å². The molecule has 4 heteroatoms. The Morgan fingerprint density at radius 1 is 1.33 bits per heavy atom. The van der Waals surface area contributed by atoms with Crippen molar-refractivity contribution < 1.29 is 0 Å². The second kappa shape index (κ2) is 5.09. The van der Waals surface area contributed by atoms with Crippen LogP contribution >= 0.6 is 23.3 Å². The first-order valence-corrected chi connectivity index (χ1v) is 6.29. The molecular formula is C11H10N2S2. The first-order chi connectivity index (χ1) is 7.40. The summed E-state index contributed by atoms with van der Waals surface area (Å²) in [4.78, 5) is 4.44. The van der Waals surface area contributed by atoms with E-state index in [-0.39, 0.29) is 0 Å². The predicted molar refractivity (Wildman–Crippen MR) is 66.3 cm³/mol. The lowest BCUT2D eigenvalue weighted by Gasteiger charge is -1.92. The van der Waals surface area contributed by atoms with E-state index >= 15 is 0 Å². The summed E-state index contributed by atoms with van der Waals surface area (Å²) in [6.45, 7) is 3.68. The van der Waals surface area contributed by atoms with Gasteiger partial charge in [-0.1, -0.05) is 48.2 Å². The summed E-state index contributed by atoms with van der Waals surface area (Å²) in [5, 5.41) is 0. The highest BCUT2D eigenvalue weighted by Crippen LogP contribution is 2.24. The summed E-state index contributed by atoms with van der Waals surface area (Å²) in [6, 6.07) is 10.0. The quantitative estimate of drug-likeness (QED) is 0.598. The summed E-state index contributed by atoms with van der Waals surface area (Å²) >= 11 is 3.10. The molecule has 0 saturated heterocycles. The van der Waals surface area contributed by atoms with Crippen molar-refractivity contribution in [3.63, 3.8) is 0 Å². The maximum Gasteiger partial charge on any atom is 0.174 e. The highest BCUT2D eigenvalue weighted by molar-refractivity contribution is 8.01. The second-order valence-electron chi connectivity index (χ2n) is 2.85. The van der Waals surface area contributed by atoms with Gasteiger partial charge in [-0.25, -0.2) is 4.98 Å². The summed E-state index contributed by atoms with van der Waals surface area (Å²) < 4.78 is 5.31. The number of rotatable bonds is 4. The van der Waals surface area contributed by atoms with E-state index in [9.17, 15) is 0 Å². The van der Waals surface area contributed by atoms with Crippen LogP contribution in [0.25, 0.3) is 11.4 Å². The van der Waals surface area contributed by atoms with Gasteiger partial charge in [0.2, 0.25) is 0 Å². The maximum atomic E-state index is 4.44. The molecule has 0 N–H and O–H groups in total. The molecule has 15 heavy (non-hydrogen) atoms. The van der Waals surface area contributed by atoms with Crippen molar-refractivity contribution in [2.24, 2.45) is 0 Å². The van der Waals surface area contributed by atoms with E-state index in [1.165, 1.54) is 11.5 Å². The molecule has 0 amide bonds. The van der Waals surface area contributed by atoms with E-state index in [1.807, 2.05) is 36.4 Å². The zero-order chi connectivity index (χ0) is 10.5. The zero-order valence-corrected chi connectivity index (χ0v) is 9.72. The van der Waals surface area contributed by atoms with Crippen molar-refractivity contribution in [3.05, 3.63) is 43.0 Å². The van der Waals surface area contributed by atoms with E-state index in [1.54, 1.807) is 11.8 Å². The van der Waals surface area contributed by atoms with E-state index in [0.29, 0.717) is 0 Å². The fourth-order valence-electron chi connectivity index (χ4n) is 1.10. The molecule has 0 unspecified atom stereocenters. The Morgan fingerprint density at radius 3 is 2.87 bits per heavy atom. The topological polar surface area (TPSA) is 25.8 Å². The minimum Gasteiger partial charge on any atom is -0.208 e. The standard InChI is InChI=1S/C11H10N2S2/c1-2-8-14-11-12-10(13-15-11)9-6-4-3-5-7-9/h2-7H,1,8H2. The van der Waals surface area contributed by atoms with Gasteiger partial charge in [-0.3, -0.25) is 0 Å². The monoisotopic (exact) mass is 234 g/mol. The van der Waals surface area contributed by atoms with Gasteiger partial charge in [0, 0.05) is 11.3 Å². The van der Waals surface area contributed by atoms with Gasteiger partial charge >= 0.3 is 0 Å². The van der Waals surface area contributed by atoms with Crippen LogP contribution in [0.1, 0.15) is 0 Å². The van der Waals surface area contributed by atoms with E-state index in [0.717, 1.165) is 21.5 Å². The molecule has 1 heterocycles. The highest BCUT2D eigenvalue weighted by atomic mass is 32.2. The van der Waals surface area contributed by atoms with Crippen LogP contribution < -0.4 is 0 Å². The Hall–Kier alpha value is -1.13. The summed E-state index contributed by atoms with van der Waals surface area (Å²) in [5.41, 5.74) is 1.07. The number of aromatic nitrogens is 2. The molecule has 0 spiro atoms. The van der Waals surface area contributed by atoms with Gasteiger partial charge in [-0.15, -0.1) is 6.58 Å². The van der Waals surface area contributed by atoms with Gasteiger partial charge in [0.25, 0.3) is 0 Å². The number of hydrogen-bond donors (Lipinski definition) is 0. The van der Waals surface area contributed by atoms with Gasteiger partial charge in [-0.05, 0) is 11.5 Å². The van der Waals surface area contributed by atoms with Crippen LogP contribution in [0.5, 0.6) is 0 Å².